The van der Waals surface area contributed by atoms with E-state index < -0.39 is 17.5 Å². The molecular formula is C13H18ClF3N2. The minimum absolute atomic E-state index is 0. The fraction of sp³-hybridized carbons (Fsp3) is 0.538. The molecule has 19 heavy (non-hydrogen) atoms. The third-order valence-corrected chi connectivity index (χ3v) is 3.36. The van der Waals surface area contributed by atoms with Gasteiger partial charge < -0.3 is 5.32 Å². The molecular weight excluding hydrogens is 277 g/mol. The van der Waals surface area contributed by atoms with Gasteiger partial charge in [-0.15, -0.1) is 12.4 Å². The summed E-state index contributed by atoms with van der Waals surface area (Å²) in [5, 5.41) is 3.20. The second-order valence-corrected chi connectivity index (χ2v) is 4.50. The molecule has 1 aromatic rings. The molecule has 0 spiro atoms. The molecule has 0 bridgehead atoms. The van der Waals surface area contributed by atoms with E-state index in [1.807, 2.05) is 6.92 Å². The molecule has 108 valence electrons. The average molecular weight is 295 g/mol. The first-order valence-corrected chi connectivity index (χ1v) is 6.22. The first-order chi connectivity index (χ1) is 8.63. The second-order valence-electron chi connectivity index (χ2n) is 4.50. The van der Waals surface area contributed by atoms with E-state index in [2.05, 4.69) is 10.2 Å². The van der Waals surface area contributed by atoms with Crippen molar-refractivity contribution >= 4 is 12.4 Å². The largest absolute Gasteiger partial charge is 0.314 e. The van der Waals surface area contributed by atoms with Crippen molar-refractivity contribution in [3.63, 3.8) is 0 Å². The highest BCUT2D eigenvalue weighted by Crippen LogP contribution is 2.28. The summed E-state index contributed by atoms with van der Waals surface area (Å²) >= 11 is 0. The molecule has 1 aromatic carbocycles. The van der Waals surface area contributed by atoms with Crippen LogP contribution in [-0.2, 0) is 0 Å². The van der Waals surface area contributed by atoms with Gasteiger partial charge in [0.05, 0.1) is 0 Å². The number of hydrogen-bond acceptors (Lipinski definition) is 2. The molecule has 0 aliphatic carbocycles. The van der Waals surface area contributed by atoms with E-state index in [0.717, 1.165) is 32.2 Å². The summed E-state index contributed by atoms with van der Waals surface area (Å²) in [6, 6.07) is 1.43. The molecule has 2 rings (SSSR count). The van der Waals surface area contributed by atoms with Crippen molar-refractivity contribution in [1.82, 2.24) is 10.2 Å². The molecule has 1 saturated heterocycles. The van der Waals surface area contributed by atoms with Gasteiger partial charge in [0.15, 0.2) is 11.6 Å². The lowest BCUT2D eigenvalue weighted by atomic mass is 10.0. The van der Waals surface area contributed by atoms with Gasteiger partial charge in [0.25, 0.3) is 0 Å². The standard InChI is InChI=1S/C13H17F3N2.ClH/c1-2-12(18-5-3-17-4-6-18)10-7-9(14)8-11(15)13(10)16;/h7-8,12,17H,2-6H2,1H3;1H/t12-;/m0./s1. The topological polar surface area (TPSA) is 15.3 Å². The van der Waals surface area contributed by atoms with E-state index in [1.165, 1.54) is 0 Å². The van der Waals surface area contributed by atoms with Gasteiger partial charge in [-0.2, -0.15) is 0 Å². The van der Waals surface area contributed by atoms with Crippen molar-refractivity contribution in [2.75, 3.05) is 26.2 Å². The maximum absolute atomic E-state index is 13.8. The number of hydrogen-bond donors (Lipinski definition) is 1. The van der Waals surface area contributed by atoms with E-state index in [4.69, 9.17) is 0 Å². The Morgan fingerprint density at radius 3 is 2.42 bits per heavy atom. The molecule has 6 heteroatoms. The van der Waals surface area contributed by atoms with Crippen LogP contribution in [0.25, 0.3) is 0 Å². The summed E-state index contributed by atoms with van der Waals surface area (Å²) in [7, 11) is 0. The fourth-order valence-electron chi connectivity index (χ4n) is 2.49. The van der Waals surface area contributed by atoms with Crippen LogP contribution < -0.4 is 5.32 Å². The summed E-state index contributed by atoms with van der Waals surface area (Å²) in [6.07, 6.45) is 0.625. The quantitative estimate of drug-likeness (QED) is 0.863. The molecule has 1 fully saturated rings. The predicted molar refractivity (Wildman–Crippen MR) is 71.0 cm³/mol. The molecule has 2 nitrogen and oxygen atoms in total. The van der Waals surface area contributed by atoms with Crippen molar-refractivity contribution in [2.24, 2.45) is 0 Å². The highest BCUT2D eigenvalue weighted by Gasteiger charge is 2.25. The first kappa shape index (κ1) is 16.3. The summed E-state index contributed by atoms with van der Waals surface area (Å²) in [5.41, 5.74) is 0.122. The average Bonchev–Trinajstić information content (AvgIpc) is 2.37. The van der Waals surface area contributed by atoms with Crippen LogP contribution >= 0.6 is 12.4 Å². The first-order valence-electron chi connectivity index (χ1n) is 6.22. The van der Waals surface area contributed by atoms with E-state index >= 15 is 0 Å². The lowest BCUT2D eigenvalue weighted by Gasteiger charge is -2.34. The number of rotatable bonds is 3. The zero-order chi connectivity index (χ0) is 13.1. The molecule has 1 aliphatic rings. The Morgan fingerprint density at radius 1 is 1.21 bits per heavy atom. The predicted octanol–water partition coefficient (Wildman–Crippen LogP) is 2.88. The van der Waals surface area contributed by atoms with Crippen LogP contribution in [0.4, 0.5) is 13.2 Å². The molecule has 1 atom stereocenters. The Morgan fingerprint density at radius 2 is 1.84 bits per heavy atom. The van der Waals surface area contributed by atoms with E-state index in [-0.39, 0.29) is 24.0 Å². The van der Waals surface area contributed by atoms with Gasteiger partial charge in [0, 0.05) is 43.9 Å². The van der Waals surface area contributed by atoms with Crippen LogP contribution in [0.2, 0.25) is 0 Å². The van der Waals surface area contributed by atoms with Crippen LogP contribution in [-0.4, -0.2) is 31.1 Å². The number of nitrogens with one attached hydrogen (secondary N) is 1. The van der Waals surface area contributed by atoms with Gasteiger partial charge in [-0.05, 0) is 12.5 Å². The van der Waals surface area contributed by atoms with Crippen molar-refractivity contribution in [1.29, 1.82) is 0 Å². The maximum Gasteiger partial charge on any atom is 0.163 e. The van der Waals surface area contributed by atoms with Crippen molar-refractivity contribution in [3.05, 3.63) is 35.1 Å². The Hall–Kier alpha value is -0.780. The van der Waals surface area contributed by atoms with Crippen LogP contribution in [0, 0.1) is 17.5 Å². The van der Waals surface area contributed by atoms with E-state index in [9.17, 15) is 13.2 Å². The highest BCUT2D eigenvalue weighted by atomic mass is 35.5. The summed E-state index contributed by atoms with van der Waals surface area (Å²) in [5.74, 6) is -2.77. The molecule has 0 saturated carbocycles. The third-order valence-electron chi connectivity index (χ3n) is 3.36. The molecule has 0 radical (unpaired) electrons. The van der Waals surface area contributed by atoms with Crippen molar-refractivity contribution in [2.45, 2.75) is 19.4 Å². The van der Waals surface area contributed by atoms with Gasteiger partial charge in [-0.25, -0.2) is 13.2 Å². The van der Waals surface area contributed by atoms with Gasteiger partial charge in [-0.3, -0.25) is 4.90 Å². The minimum atomic E-state index is -1.11. The van der Waals surface area contributed by atoms with Crippen LogP contribution in [0.3, 0.4) is 0 Å². The minimum Gasteiger partial charge on any atom is -0.314 e. The van der Waals surface area contributed by atoms with E-state index in [0.29, 0.717) is 12.5 Å². The molecule has 1 aliphatic heterocycles. The number of benzene rings is 1. The molecule has 1 heterocycles. The summed E-state index contributed by atoms with van der Waals surface area (Å²) in [6.45, 7) is 5.05. The fourth-order valence-corrected chi connectivity index (χ4v) is 2.49. The van der Waals surface area contributed by atoms with Gasteiger partial charge in [-0.1, -0.05) is 6.92 Å². The summed E-state index contributed by atoms with van der Waals surface area (Å²) < 4.78 is 40.3. The lowest BCUT2D eigenvalue weighted by molar-refractivity contribution is 0.165. The smallest absolute Gasteiger partial charge is 0.163 e. The Kier molecular flexibility index (Phi) is 6.10. The lowest BCUT2D eigenvalue weighted by Crippen LogP contribution is -2.45. The third kappa shape index (κ3) is 3.61. The zero-order valence-corrected chi connectivity index (χ0v) is 11.6. The maximum atomic E-state index is 13.8. The SMILES string of the molecule is CC[C@@H](c1cc(F)cc(F)c1F)N1CCNCC1.Cl. The van der Waals surface area contributed by atoms with Crippen LogP contribution in [0.15, 0.2) is 12.1 Å². The van der Waals surface area contributed by atoms with Crippen LogP contribution in [0.5, 0.6) is 0 Å². The van der Waals surface area contributed by atoms with E-state index in [1.54, 1.807) is 0 Å². The Balaban J connectivity index is 0.00000180. The second kappa shape index (κ2) is 7.12. The zero-order valence-electron chi connectivity index (χ0n) is 10.8. The number of nitrogens with zero attached hydrogens (tertiary/aromatic N) is 1. The monoisotopic (exact) mass is 294 g/mol. The van der Waals surface area contributed by atoms with Crippen LogP contribution in [0.1, 0.15) is 24.9 Å². The molecule has 1 N–H and O–H groups in total. The van der Waals surface area contributed by atoms with Gasteiger partial charge in [0.1, 0.15) is 5.82 Å². The van der Waals surface area contributed by atoms with Gasteiger partial charge in [0.2, 0.25) is 0 Å². The highest BCUT2D eigenvalue weighted by molar-refractivity contribution is 5.85. The Labute approximate surface area is 117 Å². The number of halogens is 4. The number of piperazine rings is 1. The summed E-state index contributed by atoms with van der Waals surface area (Å²) in [4.78, 5) is 2.06. The van der Waals surface area contributed by atoms with Crippen molar-refractivity contribution in [3.8, 4) is 0 Å². The molecule has 0 aromatic heterocycles. The van der Waals surface area contributed by atoms with Crippen molar-refractivity contribution < 1.29 is 13.2 Å². The molecule has 0 unspecified atom stereocenters. The normalized spacial score (nSPS) is 17.9. The molecule has 0 amide bonds. The Bertz CT molecular complexity index is 423. The van der Waals surface area contributed by atoms with Gasteiger partial charge >= 0.3 is 0 Å².